The second-order valence-corrected chi connectivity index (χ2v) is 7.04. The number of alkyl halides is 4. The minimum atomic E-state index is -3.11. The van der Waals surface area contributed by atoms with E-state index >= 15 is 0 Å². The van der Waals surface area contributed by atoms with Crippen molar-refractivity contribution in [3.05, 3.63) is 81.6 Å². The third kappa shape index (κ3) is 5.11. The Balaban J connectivity index is 1.91. The summed E-state index contributed by atoms with van der Waals surface area (Å²) >= 11 is 5.70. The number of methoxy groups -OCH3 is 1. The Labute approximate surface area is 185 Å². The smallest absolute Gasteiger partial charge is 0.283 e. The van der Waals surface area contributed by atoms with Crippen molar-refractivity contribution in [3.63, 3.8) is 0 Å². The molecule has 3 rings (SSSR count). The molecule has 0 bridgehead atoms. The number of halogens is 5. The van der Waals surface area contributed by atoms with Crippen LogP contribution >= 0.6 is 11.6 Å². The zero-order valence-electron chi connectivity index (χ0n) is 16.6. The van der Waals surface area contributed by atoms with Gasteiger partial charge in [-0.05, 0) is 48.0 Å². The first-order valence-corrected chi connectivity index (χ1v) is 9.59. The number of allylic oxidation sites excluding steroid dienone is 1. The van der Waals surface area contributed by atoms with Crippen molar-refractivity contribution < 1.29 is 32.2 Å². The van der Waals surface area contributed by atoms with Gasteiger partial charge in [0.15, 0.2) is 5.78 Å². The number of carbonyl (C=O) groups is 1. The first-order chi connectivity index (χ1) is 15.2. The van der Waals surface area contributed by atoms with E-state index in [1.54, 1.807) is 18.2 Å². The van der Waals surface area contributed by atoms with Crippen LogP contribution in [0.2, 0.25) is 5.02 Å². The van der Waals surface area contributed by atoms with Gasteiger partial charge in [0.25, 0.3) is 12.9 Å². The first-order valence-electron chi connectivity index (χ1n) is 9.22. The van der Waals surface area contributed by atoms with Crippen LogP contribution in [-0.4, -0.2) is 27.8 Å². The number of carbonyl (C=O) groups excluding carboxylic acids is 1. The summed E-state index contributed by atoms with van der Waals surface area (Å²) in [6.45, 7) is -0.303. The maximum Gasteiger partial charge on any atom is 0.283 e. The van der Waals surface area contributed by atoms with Gasteiger partial charge in [0.1, 0.15) is 22.9 Å². The van der Waals surface area contributed by atoms with E-state index < -0.39 is 29.3 Å². The van der Waals surface area contributed by atoms with Gasteiger partial charge in [0.05, 0.1) is 18.7 Å². The van der Waals surface area contributed by atoms with E-state index in [9.17, 15) is 27.5 Å². The van der Waals surface area contributed by atoms with Gasteiger partial charge in [-0.25, -0.2) is 17.6 Å². The Kier molecular flexibility index (Phi) is 7.19. The molecule has 32 heavy (non-hydrogen) atoms. The number of hydrogen-bond donors (Lipinski definition) is 1. The molecule has 0 atom stereocenters. The summed E-state index contributed by atoms with van der Waals surface area (Å²) in [5.74, 6) is 0.0300. The zero-order chi connectivity index (χ0) is 23.4. The topological polar surface area (TPSA) is 64.3 Å². The van der Waals surface area contributed by atoms with Gasteiger partial charge in [-0.2, -0.15) is 5.10 Å². The number of aromatic nitrogens is 2. The standard InChI is InChI=1S/C22H17ClF4N2O3/c1-32-17-9-3-12(2-8-16(31)13-4-6-15(30)7-5-13)10-14(17)11-29-20(22(26)27)18(23)19(28-29)21(24)25/h2-10,21-22,30H,11H2,1H3/b8-2+. The van der Waals surface area contributed by atoms with Crippen LogP contribution < -0.4 is 4.74 Å². The fraction of sp³-hybridized carbons (Fsp3) is 0.182. The lowest BCUT2D eigenvalue weighted by Crippen LogP contribution is -2.08. The average Bonchev–Trinajstić information content (AvgIpc) is 3.09. The molecular formula is C22H17ClF4N2O3. The molecule has 3 aromatic rings. The van der Waals surface area contributed by atoms with Crippen molar-refractivity contribution in [2.45, 2.75) is 19.4 Å². The largest absolute Gasteiger partial charge is 0.508 e. The Hall–Kier alpha value is -3.33. The Morgan fingerprint density at radius 2 is 1.84 bits per heavy atom. The predicted octanol–water partition coefficient (Wildman–Crippen LogP) is 6.07. The summed E-state index contributed by atoms with van der Waals surface area (Å²) in [6, 6.07) is 10.5. The van der Waals surface area contributed by atoms with E-state index in [1.165, 1.54) is 43.5 Å². The van der Waals surface area contributed by atoms with E-state index in [-0.39, 0.29) is 18.1 Å². The number of benzene rings is 2. The van der Waals surface area contributed by atoms with Crippen molar-refractivity contribution in [1.29, 1.82) is 0 Å². The maximum atomic E-state index is 13.4. The molecule has 0 saturated carbocycles. The van der Waals surface area contributed by atoms with Gasteiger partial charge in [-0.3, -0.25) is 9.48 Å². The van der Waals surface area contributed by atoms with Crippen molar-refractivity contribution in [3.8, 4) is 11.5 Å². The van der Waals surface area contributed by atoms with Crippen LogP contribution in [-0.2, 0) is 6.54 Å². The third-order valence-corrected chi connectivity index (χ3v) is 4.96. The number of aromatic hydroxyl groups is 1. The quantitative estimate of drug-likeness (QED) is 0.247. The number of phenols is 1. The summed E-state index contributed by atoms with van der Waals surface area (Å²) in [4.78, 5) is 12.3. The van der Waals surface area contributed by atoms with E-state index in [1.807, 2.05) is 0 Å². The number of nitrogens with zero attached hydrogens (tertiary/aromatic N) is 2. The van der Waals surface area contributed by atoms with Gasteiger partial charge >= 0.3 is 0 Å². The van der Waals surface area contributed by atoms with Crippen LogP contribution in [0, 0.1) is 0 Å². The van der Waals surface area contributed by atoms with Crippen LogP contribution in [0.1, 0.15) is 45.7 Å². The molecule has 2 aromatic carbocycles. The SMILES string of the molecule is COc1ccc(/C=C/C(=O)c2ccc(O)cc2)cc1Cn1nc(C(F)F)c(Cl)c1C(F)F. The van der Waals surface area contributed by atoms with Gasteiger partial charge < -0.3 is 9.84 Å². The molecule has 10 heteroatoms. The van der Waals surface area contributed by atoms with Crippen LogP contribution in [0.5, 0.6) is 11.5 Å². The summed E-state index contributed by atoms with van der Waals surface area (Å²) < 4.78 is 59.0. The highest BCUT2D eigenvalue weighted by molar-refractivity contribution is 6.32. The first kappa shape index (κ1) is 23.3. The molecule has 0 saturated heterocycles. The number of rotatable bonds is 8. The molecule has 0 fully saturated rings. The van der Waals surface area contributed by atoms with Gasteiger partial charge in [0, 0.05) is 11.1 Å². The van der Waals surface area contributed by atoms with Crippen molar-refractivity contribution >= 4 is 23.5 Å². The van der Waals surface area contributed by atoms with E-state index in [0.717, 1.165) is 4.68 Å². The summed E-state index contributed by atoms with van der Waals surface area (Å²) in [5.41, 5.74) is -0.462. The maximum absolute atomic E-state index is 13.4. The minimum absolute atomic E-state index is 0.0298. The molecule has 1 heterocycles. The van der Waals surface area contributed by atoms with Crippen molar-refractivity contribution in [2.24, 2.45) is 0 Å². The lowest BCUT2D eigenvalue weighted by atomic mass is 10.1. The molecule has 0 amide bonds. The number of hydrogen-bond acceptors (Lipinski definition) is 4. The molecule has 168 valence electrons. The molecule has 5 nitrogen and oxygen atoms in total. The normalized spacial score (nSPS) is 11.6. The summed E-state index contributed by atoms with van der Waals surface area (Å²) in [5, 5.41) is 12.1. The molecule has 0 aliphatic heterocycles. The van der Waals surface area contributed by atoms with Crippen molar-refractivity contribution in [1.82, 2.24) is 9.78 Å². The zero-order valence-corrected chi connectivity index (χ0v) is 17.4. The Bertz CT molecular complexity index is 1140. The molecule has 0 unspecified atom stereocenters. The molecule has 1 N–H and O–H groups in total. The van der Waals surface area contributed by atoms with Crippen molar-refractivity contribution in [2.75, 3.05) is 7.11 Å². The lowest BCUT2D eigenvalue weighted by Gasteiger charge is -2.12. The summed E-state index contributed by atoms with van der Waals surface area (Å²) in [6.07, 6.45) is -3.41. The molecule has 0 spiro atoms. The monoisotopic (exact) mass is 468 g/mol. The Morgan fingerprint density at radius 1 is 1.16 bits per heavy atom. The van der Waals surface area contributed by atoms with E-state index in [2.05, 4.69) is 5.10 Å². The lowest BCUT2D eigenvalue weighted by molar-refractivity contribution is 0.104. The van der Waals surface area contributed by atoms with Gasteiger partial charge in [-0.1, -0.05) is 23.7 Å². The van der Waals surface area contributed by atoms with Crippen LogP contribution in [0.3, 0.4) is 0 Å². The second kappa shape index (κ2) is 9.86. The number of ether oxygens (including phenoxy) is 1. The van der Waals surface area contributed by atoms with Crippen LogP contribution in [0.15, 0.2) is 48.5 Å². The minimum Gasteiger partial charge on any atom is -0.508 e. The highest BCUT2D eigenvalue weighted by atomic mass is 35.5. The fourth-order valence-corrected chi connectivity index (χ4v) is 3.32. The van der Waals surface area contributed by atoms with E-state index in [4.69, 9.17) is 16.3 Å². The summed E-state index contributed by atoms with van der Waals surface area (Å²) in [7, 11) is 1.37. The predicted molar refractivity (Wildman–Crippen MR) is 111 cm³/mol. The molecule has 0 aliphatic carbocycles. The third-order valence-electron chi connectivity index (χ3n) is 4.57. The number of phenolic OH excluding ortho intramolecular Hbond substituents is 1. The highest BCUT2D eigenvalue weighted by Gasteiger charge is 2.28. The molecule has 0 radical (unpaired) electrons. The Morgan fingerprint density at radius 3 is 2.44 bits per heavy atom. The number of ketones is 1. The van der Waals surface area contributed by atoms with Gasteiger partial charge in [-0.15, -0.1) is 0 Å². The van der Waals surface area contributed by atoms with Gasteiger partial charge in [0.2, 0.25) is 0 Å². The molecular weight excluding hydrogens is 452 g/mol. The molecule has 0 aliphatic rings. The average molecular weight is 469 g/mol. The van der Waals surface area contributed by atoms with Crippen LogP contribution in [0.4, 0.5) is 17.6 Å². The van der Waals surface area contributed by atoms with Crippen LogP contribution in [0.25, 0.3) is 6.08 Å². The molecule has 1 aromatic heterocycles. The van der Waals surface area contributed by atoms with E-state index in [0.29, 0.717) is 22.4 Å². The highest BCUT2D eigenvalue weighted by Crippen LogP contribution is 2.35. The second-order valence-electron chi connectivity index (χ2n) is 6.66. The fourth-order valence-electron chi connectivity index (χ4n) is 3.02.